The van der Waals surface area contributed by atoms with Gasteiger partial charge < -0.3 is 19.7 Å². The van der Waals surface area contributed by atoms with Crippen molar-refractivity contribution >= 4 is 28.6 Å². The van der Waals surface area contributed by atoms with E-state index in [1.807, 2.05) is 35.2 Å². The highest BCUT2D eigenvalue weighted by Gasteiger charge is 2.31. The summed E-state index contributed by atoms with van der Waals surface area (Å²) in [4.78, 5) is 24.9. The highest BCUT2D eigenvalue weighted by Crippen LogP contribution is 2.30. The number of halogens is 3. The minimum absolute atomic E-state index is 0.448. The lowest BCUT2D eigenvalue weighted by Crippen LogP contribution is -2.46. The van der Waals surface area contributed by atoms with Crippen LogP contribution in [0.2, 0.25) is 0 Å². The molecule has 39 heavy (non-hydrogen) atoms. The summed E-state index contributed by atoms with van der Waals surface area (Å²) in [5.41, 5.74) is 2.75. The van der Waals surface area contributed by atoms with Gasteiger partial charge in [-0.05, 0) is 55.0 Å². The molecule has 5 aromatic rings. The first-order chi connectivity index (χ1) is 18.8. The van der Waals surface area contributed by atoms with E-state index in [1.54, 1.807) is 13.1 Å². The third-order valence-corrected chi connectivity index (χ3v) is 6.50. The van der Waals surface area contributed by atoms with Crippen molar-refractivity contribution < 1.29 is 17.7 Å². The van der Waals surface area contributed by atoms with E-state index in [0.29, 0.717) is 42.4 Å². The molecule has 4 aromatic heterocycles. The van der Waals surface area contributed by atoms with Gasteiger partial charge in [-0.2, -0.15) is 18.2 Å². The summed E-state index contributed by atoms with van der Waals surface area (Å²) >= 11 is 0. The maximum atomic E-state index is 12.8. The van der Waals surface area contributed by atoms with Crippen molar-refractivity contribution in [1.29, 1.82) is 0 Å². The van der Waals surface area contributed by atoms with Crippen LogP contribution in [0.3, 0.4) is 0 Å². The lowest BCUT2D eigenvalue weighted by Gasteiger charge is -2.35. The number of anilines is 3. The van der Waals surface area contributed by atoms with Crippen LogP contribution in [0.1, 0.15) is 17.0 Å². The number of piperazine rings is 1. The number of benzene rings is 1. The van der Waals surface area contributed by atoms with E-state index >= 15 is 0 Å². The second-order valence-electron chi connectivity index (χ2n) is 9.30. The quantitative estimate of drug-likeness (QED) is 0.317. The van der Waals surface area contributed by atoms with Crippen LogP contribution < -0.4 is 10.2 Å². The Balaban J connectivity index is 1.07. The summed E-state index contributed by atoms with van der Waals surface area (Å²) in [5, 5.41) is 7.07. The summed E-state index contributed by atoms with van der Waals surface area (Å²) in [5.74, 6) is 2.80. The highest BCUT2D eigenvalue weighted by molar-refractivity contribution is 5.82. The molecule has 0 radical (unpaired) electrons. The van der Waals surface area contributed by atoms with Crippen LogP contribution in [0.5, 0.6) is 0 Å². The number of pyridine rings is 2. The Morgan fingerprint density at radius 2 is 1.85 bits per heavy atom. The molecule has 5 heterocycles. The molecular formula is C26H24F3N9O. The maximum Gasteiger partial charge on any atom is 0.417 e. The van der Waals surface area contributed by atoms with Gasteiger partial charge in [-0.3, -0.25) is 4.90 Å². The first kappa shape index (κ1) is 24.8. The molecule has 0 aliphatic carbocycles. The number of hydrogen-bond donors (Lipinski definition) is 2. The van der Waals surface area contributed by atoms with Gasteiger partial charge in [0, 0.05) is 50.7 Å². The van der Waals surface area contributed by atoms with E-state index in [4.69, 9.17) is 4.52 Å². The topological polar surface area (TPSA) is 112 Å². The molecule has 0 amide bonds. The zero-order valence-corrected chi connectivity index (χ0v) is 20.9. The lowest BCUT2D eigenvalue weighted by atomic mass is 10.2. The number of imidazole rings is 1. The monoisotopic (exact) mass is 535 g/mol. The van der Waals surface area contributed by atoms with E-state index in [2.05, 4.69) is 40.3 Å². The Labute approximate surface area is 220 Å². The molecule has 0 spiro atoms. The molecule has 13 heteroatoms. The summed E-state index contributed by atoms with van der Waals surface area (Å²) in [7, 11) is 0. The summed E-state index contributed by atoms with van der Waals surface area (Å²) in [6.45, 7) is 5.38. The minimum atomic E-state index is -4.38. The number of hydrogen-bond acceptors (Lipinski definition) is 9. The van der Waals surface area contributed by atoms with E-state index in [-0.39, 0.29) is 0 Å². The Bertz CT molecular complexity index is 1590. The minimum Gasteiger partial charge on any atom is -0.354 e. The second-order valence-corrected chi connectivity index (χ2v) is 9.30. The molecule has 1 aromatic carbocycles. The SMILES string of the molecule is Cc1noc(-c2ccc3nc(Nc4cc(CN5CCN(c6ccc(C(F)(F)F)cn6)CC5)ccn4)[nH]c3c2)n1. The molecule has 1 saturated heterocycles. The summed E-state index contributed by atoms with van der Waals surface area (Å²) in [6.07, 6.45) is -1.74. The Morgan fingerprint density at radius 3 is 2.56 bits per heavy atom. The molecule has 2 N–H and O–H groups in total. The fourth-order valence-electron chi connectivity index (χ4n) is 4.51. The third-order valence-electron chi connectivity index (χ3n) is 6.50. The number of alkyl halides is 3. The van der Waals surface area contributed by atoms with Gasteiger partial charge in [0.1, 0.15) is 11.6 Å². The zero-order valence-electron chi connectivity index (χ0n) is 20.9. The number of nitrogens with one attached hydrogen (secondary N) is 2. The van der Waals surface area contributed by atoms with Crippen LogP contribution >= 0.6 is 0 Å². The molecule has 1 aliphatic heterocycles. The van der Waals surface area contributed by atoms with Crippen LogP contribution in [0.15, 0.2) is 59.4 Å². The van der Waals surface area contributed by atoms with Crippen molar-refractivity contribution in [1.82, 2.24) is 35.0 Å². The lowest BCUT2D eigenvalue weighted by molar-refractivity contribution is -0.137. The number of aromatic nitrogens is 6. The number of nitrogens with zero attached hydrogens (tertiary/aromatic N) is 7. The average Bonchev–Trinajstić information content (AvgIpc) is 3.54. The fraction of sp³-hybridized carbons (Fsp3) is 0.269. The van der Waals surface area contributed by atoms with Gasteiger partial charge in [0.15, 0.2) is 5.82 Å². The Morgan fingerprint density at radius 1 is 1.00 bits per heavy atom. The third kappa shape index (κ3) is 5.53. The summed E-state index contributed by atoms with van der Waals surface area (Å²) in [6, 6.07) is 12.1. The van der Waals surface area contributed by atoms with Crippen molar-refractivity contribution in [3.63, 3.8) is 0 Å². The molecule has 6 rings (SSSR count). The van der Waals surface area contributed by atoms with Crippen molar-refractivity contribution in [3.8, 4) is 11.5 Å². The predicted molar refractivity (Wildman–Crippen MR) is 138 cm³/mol. The van der Waals surface area contributed by atoms with Crippen LogP contribution in [0.25, 0.3) is 22.5 Å². The van der Waals surface area contributed by atoms with E-state index in [0.717, 1.165) is 54.1 Å². The van der Waals surface area contributed by atoms with Crippen molar-refractivity contribution in [2.45, 2.75) is 19.6 Å². The zero-order chi connectivity index (χ0) is 27.0. The maximum absolute atomic E-state index is 12.8. The highest BCUT2D eigenvalue weighted by atomic mass is 19.4. The largest absolute Gasteiger partial charge is 0.417 e. The molecule has 10 nitrogen and oxygen atoms in total. The number of aromatic amines is 1. The summed E-state index contributed by atoms with van der Waals surface area (Å²) < 4.78 is 43.7. The molecule has 1 fully saturated rings. The first-order valence-corrected chi connectivity index (χ1v) is 12.3. The molecule has 0 bridgehead atoms. The van der Waals surface area contributed by atoms with E-state index < -0.39 is 11.7 Å². The predicted octanol–water partition coefficient (Wildman–Crippen LogP) is 4.80. The molecule has 0 atom stereocenters. The van der Waals surface area contributed by atoms with Crippen LogP contribution in [-0.2, 0) is 12.7 Å². The molecule has 200 valence electrons. The fourth-order valence-corrected chi connectivity index (χ4v) is 4.51. The average molecular weight is 536 g/mol. The smallest absolute Gasteiger partial charge is 0.354 e. The van der Waals surface area contributed by atoms with Gasteiger partial charge in [0.05, 0.1) is 16.6 Å². The Kier molecular flexibility index (Phi) is 6.35. The van der Waals surface area contributed by atoms with E-state index in [9.17, 15) is 13.2 Å². The van der Waals surface area contributed by atoms with Gasteiger partial charge in [-0.1, -0.05) is 5.16 Å². The normalized spacial score (nSPS) is 14.7. The van der Waals surface area contributed by atoms with Gasteiger partial charge in [-0.25, -0.2) is 15.0 Å². The second kappa shape index (κ2) is 9.98. The molecular weight excluding hydrogens is 511 g/mol. The van der Waals surface area contributed by atoms with Gasteiger partial charge in [0.2, 0.25) is 5.95 Å². The van der Waals surface area contributed by atoms with Gasteiger partial charge in [0.25, 0.3) is 5.89 Å². The first-order valence-electron chi connectivity index (χ1n) is 12.3. The number of rotatable bonds is 6. The van der Waals surface area contributed by atoms with Crippen molar-refractivity contribution in [2.24, 2.45) is 0 Å². The standard InChI is InChI=1S/C26H24F3N9O/c1-16-32-24(39-36-16)18-2-4-20-21(13-18)34-25(33-20)35-22-12-17(6-7-30-22)15-37-8-10-38(11-9-37)23-5-3-19(14-31-23)26(27,28)29/h2-7,12-14H,8-11,15H2,1H3,(H2,30,33,34,35). The number of H-pyrrole nitrogens is 1. The molecule has 0 unspecified atom stereocenters. The van der Waals surface area contributed by atoms with E-state index in [1.165, 1.54) is 6.07 Å². The van der Waals surface area contributed by atoms with Crippen LogP contribution in [0, 0.1) is 6.92 Å². The van der Waals surface area contributed by atoms with Gasteiger partial charge in [-0.15, -0.1) is 0 Å². The number of fused-ring (bicyclic) bond motifs is 1. The molecule has 0 saturated carbocycles. The van der Waals surface area contributed by atoms with Crippen LogP contribution in [0.4, 0.5) is 30.8 Å². The van der Waals surface area contributed by atoms with Crippen LogP contribution in [-0.4, -0.2) is 61.2 Å². The molecule has 1 aliphatic rings. The van der Waals surface area contributed by atoms with Crippen molar-refractivity contribution in [3.05, 3.63) is 71.8 Å². The van der Waals surface area contributed by atoms with Gasteiger partial charge >= 0.3 is 6.18 Å². The Hall–Kier alpha value is -4.52. The number of aryl methyl sites for hydroxylation is 1. The van der Waals surface area contributed by atoms with Crippen molar-refractivity contribution in [2.75, 3.05) is 36.4 Å².